The molecule has 0 aromatic heterocycles. The smallest absolute Gasteiger partial charge is 0.317 e. The molecule has 1 aliphatic heterocycles. The molecule has 0 aliphatic carbocycles. The summed E-state index contributed by atoms with van der Waals surface area (Å²) in [6.45, 7) is 4.44. The summed E-state index contributed by atoms with van der Waals surface area (Å²) in [5, 5.41) is 11.9. The Morgan fingerprint density at radius 2 is 2.17 bits per heavy atom. The van der Waals surface area contributed by atoms with Gasteiger partial charge in [-0.05, 0) is 13.3 Å². The summed E-state index contributed by atoms with van der Waals surface area (Å²) in [5.41, 5.74) is 0. The van der Waals surface area contributed by atoms with Gasteiger partial charge >= 0.3 is 12.0 Å². The predicted molar refractivity (Wildman–Crippen MR) is 66.4 cm³/mol. The van der Waals surface area contributed by atoms with Gasteiger partial charge in [-0.1, -0.05) is 13.3 Å². The number of likely N-dealkylation sites (N-methyl/N-ethyl adjacent to an activating group) is 1. The summed E-state index contributed by atoms with van der Waals surface area (Å²) in [6, 6.07) is -0.537. The lowest BCUT2D eigenvalue weighted by atomic mass is 10.0. The summed E-state index contributed by atoms with van der Waals surface area (Å²) in [4.78, 5) is 24.4. The summed E-state index contributed by atoms with van der Waals surface area (Å²) in [6.07, 6.45) is 1.90. The number of carboxylic acids is 1. The van der Waals surface area contributed by atoms with Crippen molar-refractivity contribution < 1.29 is 19.4 Å². The number of carbonyl (C=O) groups excluding carboxylic acids is 1. The third-order valence-corrected chi connectivity index (χ3v) is 3.28. The zero-order valence-electron chi connectivity index (χ0n) is 11.2. The maximum Gasteiger partial charge on any atom is 0.317 e. The van der Waals surface area contributed by atoms with Crippen molar-refractivity contribution in [3.8, 4) is 0 Å². The maximum atomic E-state index is 11.9. The molecule has 0 spiro atoms. The minimum Gasteiger partial charge on any atom is -0.481 e. The SMILES string of the molecule is CCCC(C)NC(=O)N(C)C1COCC1C(=O)O. The number of carboxylic acid groups (broad SMARTS) is 1. The number of nitrogens with zero attached hydrogens (tertiary/aromatic N) is 1. The van der Waals surface area contributed by atoms with Crippen LogP contribution in [0.3, 0.4) is 0 Å². The first kappa shape index (κ1) is 14.8. The molecular formula is C12H22N2O4. The monoisotopic (exact) mass is 258 g/mol. The Morgan fingerprint density at radius 1 is 1.50 bits per heavy atom. The molecule has 3 unspecified atom stereocenters. The Labute approximate surface area is 107 Å². The van der Waals surface area contributed by atoms with Gasteiger partial charge in [0.15, 0.2) is 0 Å². The van der Waals surface area contributed by atoms with Crippen LogP contribution in [0.1, 0.15) is 26.7 Å². The number of carbonyl (C=O) groups is 2. The van der Waals surface area contributed by atoms with Crippen LogP contribution >= 0.6 is 0 Å². The number of urea groups is 1. The highest BCUT2D eigenvalue weighted by molar-refractivity contribution is 5.77. The predicted octanol–water partition coefficient (Wildman–Crippen LogP) is 0.916. The van der Waals surface area contributed by atoms with E-state index in [0.29, 0.717) is 0 Å². The Kier molecular flexibility index (Phi) is 5.40. The third kappa shape index (κ3) is 3.60. The van der Waals surface area contributed by atoms with E-state index in [4.69, 9.17) is 9.84 Å². The minimum absolute atomic E-state index is 0.0931. The van der Waals surface area contributed by atoms with E-state index in [1.807, 2.05) is 6.92 Å². The average Bonchev–Trinajstić information content (AvgIpc) is 2.76. The highest BCUT2D eigenvalue weighted by Crippen LogP contribution is 2.19. The summed E-state index contributed by atoms with van der Waals surface area (Å²) < 4.78 is 5.15. The van der Waals surface area contributed by atoms with Crippen LogP contribution < -0.4 is 5.32 Å². The highest BCUT2D eigenvalue weighted by atomic mass is 16.5. The minimum atomic E-state index is -0.918. The lowest BCUT2D eigenvalue weighted by Gasteiger charge is -2.28. The van der Waals surface area contributed by atoms with Gasteiger partial charge in [0.2, 0.25) is 0 Å². The van der Waals surface area contributed by atoms with E-state index in [1.165, 1.54) is 4.90 Å². The molecule has 0 aromatic carbocycles. The van der Waals surface area contributed by atoms with E-state index < -0.39 is 17.9 Å². The van der Waals surface area contributed by atoms with E-state index in [0.717, 1.165) is 12.8 Å². The molecule has 2 amide bonds. The van der Waals surface area contributed by atoms with E-state index in [2.05, 4.69) is 12.2 Å². The van der Waals surface area contributed by atoms with Crippen LogP contribution in [0.2, 0.25) is 0 Å². The largest absolute Gasteiger partial charge is 0.481 e. The number of aliphatic carboxylic acids is 1. The quantitative estimate of drug-likeness (QED) is 0.768. The molecule has 1 saturated heterocycles. The topological polar surface area (TPSA) is 78.9 Å². The first-order valence-electron chi connectivity index (χ1n) is 6.31. The molecule has 2 N–H and O–H groups in total. The highest BCUT2D eigenvalue weighted by Gasteiger charge is 2.38. The molecule has 1 fully saturated rings. The molecule has 18 heavy (non-hydrogen) atoms. The van der Waals surface area contributed by atoms with Crippen LogP contribution in [-0.4, -0.2) is 54.4 Å². The van der Waals surface area contributed by atoms with Crippen LogP contribution in [-0.2, 0) is 9.53 Å². The van der Waals surface area contributed by atoms with Gasteiger partial charge in [0.05, 0.1) is 19.3 Å². The van der Waals surface area contributed by atoms with E-state index in [9.17, 15) is 9.59 Å². The van der Waals surface area contributed by atoms with Crippen LogP contribution in [0.15, 0.2) is 0 Å². The van der Waals surface area contributed by atoms with Crippen molar-refractivity contribution in [2.45, 2.75) is 38.8 Å². The Morgan fingerprint density at radius 3 is 2.72 bits per heavy atom. The van der Waals surface area contributed by atoms with Crippen molar-refractivity contribution in [3.05, 3.63) is 0 Å². The van der Waals surface area contributed by atoms with Crippen molar-refractivity contribution >= 4 is 12.0 Å². The Hall–Kier alpha value is -1.30. The number of amides is 2. The molecule has 0 saturated carbocycles. The van der Waals surface area contributed by atoms with E-state index >= 15 is 0 Å². The maximum absolute atomic E-state index is 11.9. The molecule has 3 atom stereocenters. The van der Waals surface area contributed by atoms with Crippen molar-refractivity contribution in [2.24, 2.45) is 5.92 Å². The summed E-state index contributed by atoms with van der Waals surface area (Å²) in [7, 11) is 1.61. The lowest BCUT2D eigenvalue weighted by molar-refractivity contribution is -0.142. The molecular weight excluding hydrogens is 236 g/mol. The van der Waals surface area contributed by atoms with Crippen LogP contribution in [0.4, 0.5) is 4.79 Å². The second kappa shape index (κ2) is 6.58. The fourth-order valence-electron chi connectivity index (χ4n) is 2.13. The summed E-state index contributed by atoms with van der Waals surface area (Å²) in [5.74, 6) is -1.55. The molecule has 6 heteroatoms. The fourth-order valence-corrected chi connectivity index (χ4v) is 2.13. The molecule has 0 aromatic rings. The Bertz CT molecular complexity index is 308. The average molecular weight is 258 g/mol. The lowest BCUT2D eigenvalue weighted by Crippen LogP contribution is -2.50. The first-order chi connectivity index (χ1) is 8.47. The zero-order valence-corrected chi connectivity index (χ0v) is 11.2. The molecule has 1 heterocycles. The second-order valence-corrected chi connectivity index (χ2v) is 4.80. The van der Waals surface area contributed by atoms with E-state index in [-0.39, 0.29) is 25.3 Å². The van der Waals surface area contributed by atoms with E-state index in [1.54, 1.807) is 7.05 Å². The fraction of sp³-hybridized carbons (Fsp3) is 0.833. The van der Waals surface area contributed by atoms with Crippen molar-refractivity contribution in [3.63, 3.8) is 0 Å². The summed E-state index contributed by atoms with van der Waals surface area (Å²) >= 11 is 0. The molecule has 104 valence electrons. The van der Waals surface area contributed by atoms with Gasteiger partial charge in [0, 0.05) is 13.1 Å². The number of hydrogen-bond donors (Lipinski definition) is 2. The number of ether oxygens (including phenoxy) is 1. The number of nitrogens with one attached hydrogen (secondary N) is 1. The number of rotatable bonds is 5. The van der Waals surface area contributed by atoms with Gasteiger partial charge in [-0.15, -0.1) is 0 Å². The normalized spacial score (nSPS) is 24.6. The molecule has 0 radical (unpaired) electrons. The molecule has 0 bridgehead atoms. The van der Waals surface area contributed by atoms with Gasteiger partial charge in [0.1, 0.15) is 5.92 Å². The molecule has 1 rings (SSSR count). The van der Waals surface area contributed by atoms with Gasteiger partial charge in [0.25, 0.3) is 0 Å². The van der Waals surface area contributed by atoms with Crippen LogP contribution in [0.25, 0.3) is 0 Å². The van der Waals surface area contributed by atoms with Crippen molar-refractivity contribution in [1.82, 2.24) is 10.2 Å². The zero-order chi connectivity index (χ0) is 13.7. The van der Waals surface area contributed by atoms with Crippen molar-refractivity contribution in [2.75, 3.05) is 20.3 Å². The van der Waals surface area contributed by atoms with Crippen molar-refractivity contribution in [1.29, 1.82) is 0 Å². The number of hydrogen-bond acceptors (Lipinski definition) is 3. The van der Waals surface area contributed by atoms with Gasteiger partial charge in [-0.25, -0.2) is 4.79 Å². The van der Waals surface area contributed by atoms with Gasteiger partial charge in [-0.2, -0.15) is 0 Å². The molecule has 1 aliphatic rings. The third-order valence-electron chi connectivity index (χ3n) is 3.28. The molecule has 6 nitrogen and oxygen atoms in total. The van der Waals surface area contributed by atoms with Gasteiger partial charge < -0.3 is 20.1 Å². The van der Waals surface area contributed by atoms with Crippen LogP contribution in [0, 0.1) is 5.92 Å². The van der Waals surface area contributed by atoms with Crippen LogP contribution in [0.5, 0.6) is 0 Å². The first-order valence-corrected chi connectivity index (χ1v) is 6.31. The standard InChI is InChI=1S/C12H22N2O4/c1-4-5-8(2)13-12(17)14(3)10-7-18-6-9(10)11(15)16/h8-10H,4-7H2,1-3H3,(H,13,17)(H,15,16). The Balaban J connectivity index is 2.55. The second-order valence-electron chi connectivity index (χ2n) is 4.80. The van der Waals surface area contributed by atoms with Gasteiger partial charge in [-0.3, -0.25) is 4.79 Å².